The number of ether oxygens (including phenoxy) is 1. The summed E-state index contributed by atoms with van der Waals surface area (Å²) in [6, 6.07) is 0.0807. The Morgan fingerprint density at radius 1 is 1.57 bits per heavy atom. The normalized spacial score (nSPS) is 18.9. The lowest BCUT2D eigenvalue weighted by atomic mass is 9.90. The monoisotopic (exact) mass is 296 g/mol. The van der Waals surface area contributed by atoms with Gasteiger partial charge in [0, 0.05) is 20.3 Å². The molecule has 1 aromatic heterocycles. The van der Waals surface area contributed by atoms with Crippen LogP contribution < -0.4 is 10.6 Å². The van der Waals surface area contributed by atoms with Crippen LogP contribution in [0.2, 0.25) is 0 Å². The zero-order valence-electron chi connectivity index (χ0n) is 12.9. The van der Waals surface area contributed by atoms with Crippen molar-refractivity contribution in [1.29, 1.82) is 0 Å². The largest absolute Gasteiger partial charge is 0.385 e. The van der Waals surface area contributed by atoms with Crippen LogP contribution in [-0.4, -0.2) is 42.9 Å². The van der Waals surface area contributed by atoms with Gasteiger partial charge in [-0.25, -0.2) is 0 Å². The molecule has 118 valence electrons. The van der Waals surface area contributed by atoms with E-state index < -0.39 is 0 Å². The first kappa shape index (κ1) is 15.9. The van der Waals surface area contributed by atoms with E-state index in [9.17, 15) is 4.79 Å². The average molecular weight is 296 g/mol. The first-order valence-corrected chi connectivity index (χ1v) is 7.36. The van der Waals surface area contributed by atoms with Gasteiger partial charge in [-0.2, -0.15) is 4.98 Å². The molecule has 0 saturated carbocycles. The minimum atomic E-state index is -0.298. The summed E-state index contributed by atoms with van der Waals surface area (Å²) in [6.07, 6.45) is 2.92. The van der Waals surface area contributed by atoms with Gasteiger partial charge in [0.2, 0.25) is 5.89 Å². The van der Waals surface area contributed by atoms with Crippen molar-refractivity contribution in [2.75, 3.05) is 26.8 Å². The third-order valence-electron chi connectivity index (χ3n) is 3.71. The van der Waals surface area contributed by atoms with Crippen molar-refractivity contribution in [3.05, 3.63) is 11.7 Å². The number of hydrogen-bond acceptors (Lipinski definition) is 6. The van der Waals surface area contributed by atoms with Gasteiger partial charge in [0.1, 0.15) is 0 Å². The number of carbonyl (C=O) groups is 1. The molecule has 1 saturated heterocycles. The molecule has 1 aliphatic heterocycles. The molecule has 0 spiro atoms. The molecule has 1 fully saturated rings. The van der Waals surface area contributed by atoms with E-state index in [2.05, 4.69) is 34.6 Å². The number of aromatic nitrogens is 2. The van der Waals surface area contributed by atoms with Crippen LogP contribution in [-0.2, 0) is 4.74 Å². The lowest BCUT2D eigenvalue weighted by Crippen LogP contribution is -2.35. The molecule has 1 unspecified atom stereocenters. The van der Waals surface area contributed by atoms with Gasteiger partial charge in [-0.05, 0) is 31.2 Å². The second kappa shape index (κ2) is 7.00. The Hall–Kier alpha value is -1.47. The Bertz CT molecular complexity index is 467. The zero-order valence-corrected chi connectivity index (χ0v) is 12.9. The Kier molecular flexibility index (Phi) is 5.30. The molecule has 1 atom stereocenters. The van der Waals surface area contributed by atoms with Gasteiger partial charge in [-0.15, -0.1) is 0 Å². The molecule has 2 rings (SSSR count). The molecule has 1 aromatic rings. The van der Waals surface area contributed by atoms with Gasteiger partial charge < -0.3 is 19.9 Å². The molecule has 0 bridgehead atoms. The van der Waals surface area contributed by atoms with Crippen molar-refractivity contribution in [2.24, 2.45) is 5.41 Å². The molecule has 0 aromatic carbocycles. The number of rotatable bonds is 7. The van der Waals surface area contributed by atoms with Crippen molar-refractivity contribution < 1.29 is 14.1 Å². The molecule has 7 heteroatoms. The fourth-order valence-corrected chi connectivity index (χ4v) is 2.23. The summed E-state index contributed by atoms with van der Waals surface area (Å²) in [5.41, 5.74) is -0.0365. The Labute approximate surface area is 124 Å². The summed E-state index contributed by atoms with van der Waals surface area (Å²) < 4.78 is 10.2. The van der Waals surface area contributed by atoms with Crippen LogP contribution in [0.3, 0.4) is 0 Å². The number of nitrogens with zero attached hydrogens (tertiary/aromatic N) is 2. The fourth-order valence-electron chi connectivity index (χ4n) is 2.23. The van der Waals surface area contributed by atoms with Crippen molar-refractivity contribution in [2.45, 2.75) is 39.2 Å². The highest BCUT2D eigenvalue weighted by Gasteiger charge is 2.25. The highest BCUT2D eigenvalue weighted by Crippen LogP contribution is 2.21. The SMILES string of the molecule is COCCC(C)(C)CNC(=O)c1noc(C2CCCN2)n1. The third-order valence-corrected chi connectivity index (χ3v) is 3.71. The molecule has 2 N–H and O–H groups in total. The average Bonchev–Trinajstić information content (AvgIpc) is 3.12. The summed E-state index contributed by atoms with van der Waals surface area (Å²) in [6.45, 7) is 6.32. The predicted molar refractivity (Wildman–Crippen MR) is 76.9 cm³/mol. The fraction of sp³-hybridized carbons (Fsp3) is 0.786. The molecular weight excluding hydrogens is 272 g/mol. The van der Waals surface area contributed by atoms with Crippen LogP contribution in [0.4, 0.5) is 0 Å². The molecule has 7 nitrogen and oxygen atoms in total. The Morgan fingerprint density at radius 3 is 3.05 bits per heavy atom. The first-order valence-electron chi connectivity index (χ1n) is 7.36. The van der Waals surface area contributed by atoms with Gasteiger partial charge in [-0.3, -0.25) is 4.79 Å². The van der Waals surface area contributed by atoms with Gasteiger partial charge in [-0.1, -0.05) is 19.0 Å². The van der Waals surface area contributed by atoms with Crippen molar-refractivity contribution in [3.63, 3.8) is 0 Å². The Morgan fingerprint density at radius 2 is 2.38 bits per heavy atom. The summed E-state index contributed by atoms with van der Waals surface area (Å²) in [5.74, 6) is 0.297. The van der Waals surface area contributed by atoms with E-state index in [4.69, 9.17) is 9.26 Å². The van der Waals surface area contributed by atoms with Gasteiger partial charge in [0.15, 0.2) is 0 Å². The van der Waals surface area contributed by atoms with Crippen LogP contribution in [0, 0.1) is 5.41 Å². The van der Waals surface area contributed by atoms with E-state index in [0.29, 0.717) is 19.0 Å². The van der Waals surface area contributed by atoms with Crippen LogP contribution in [0.25, 0.3) is 0 Å². The molecule has 1 amide bonds. The topological polar surface area (TPSA) is 89.3 Å². The second-order valence-corrected chi connectivity index (χ2v) is 6.19. The van der Waals surface area contributed by atoms with E-state index in [0.717, 1.165) is 25.8 Å². The molecule has 21 heavy (non-hydrogen) atoms. The van der Waals surface area contributed by atoms with Crippen LogP contribution >= 0.6 is 0 Å². The van der Waals surface area contributed by atoms with Crippen LogP contribution in [0.1, 0.15) is 55.7 Å². The molecule has 1 aliphatic rings. The number of amides is 1. The Balaban J connectivity index is 1.85. The minimum absolute atomic E-state index is 0.0365. The summed E-state index contributed by atoms with van der Waals surface area (Å²) in [7, 11) is 1.67. The lowest BCUT2D eigenvalue weighted by molar-refractivity contribution is 0.0907. The second-order valence-electron chi connectivity index (χ2n) is 6.19. The van der Waals surface area contributed by atoms with Crippen LogP contribution in [0.15, 0.2) is 4.52 Å². The third kappa shape index (κ3) is 4.50. The summed E-state index contributed by atoms with van der Waals surface area (Å²) >= 11 is 0. The minimum Gasteiger partial charge on any atom is -0.385 e. The van der Waals surface area contributed by atoms with Crippen molar-refractivity contribution >= 4 is 5.91 Å². The quantitative estimate of drug-likeness (QED) is 0.788. The molecule has 0 aliphatic carbocycles. The molecule has 0 radical (unpaired) electrons. The maximum Gasteiger partial charge on any atom is 0.292 e. The smallest absolute Gasteiger partial charge is 0.292 e. The number of hydrogen-bond donors (Lipinski definition) is 2. The summed E-state index contributed by atoms with van der Waals surface area (Å²) in [5, 5.41) is 9.88. The van der Waals surface area contributed by atoms with Gasteiger partial charge in [0.05, 0.1) is 6.04 Å². The van der Waals surface area contributed by atoms with E-state index in [-0.39, 0.29) is 23.2 Å². The summed E-state index contributed by atoms with van der Waals surface area (Å²) in [4.78, 5) is 16.2. The first-order chi connectivity index (χ1) is 10.0. The maximum absolute atomic E-state index is 12.0. The standard InChI is InChI=1S/C14H24N4O3/c1-14(2,6-8-20-3)9-16-12(19)11-17-13(21-18-11)10-5-4-7-15-10/h10,15H,4-9H2,1-3H3,(H,16,19). The number of methoxy groups -OCH3 is 1. The predicted octanol–water partition coefficient (Wildman–Crippen LogP) is 1.29. The number of nitrogens with one attached hydrogen (secondary N) is 2. The van der Waals surface area contributed by atoms with E-state index in [1.807, 2.05) is 0 Å². The van der Waals surface area contributed by atoms with E-state index >= 15 is 0 Å². The van der Waals surface area contributed by atoms with E-state index in [1.54, 1.807) is 7.11 Å². The highest BCUT2D eigenvalue weighted by atomic mass is 16.5. The van der Waals surface area contributed by atoms with Gasteiger partial charge >= 0.3 is 0 Å². The lowest BCUT2D eigenvalue weighted by Gasteiger charge is -2.24. The molecule has 2 heterocycles. The maximum atomic E-state index is 12.0. The van der Waals surface area contributed by atoms with E-state index in [1.165, 1.54) is 0 Å². The van der Waals surface area contributed by atoms with Crippen LogP contribution in [0.5, 0.6) is 0 Å². The van der Waals surface area contributed by atoms with Crippen molar-refractivity contribution in [1.82, 2.24) is 20.8 Å². The highest BCUT2D eigenvalue weighted by molar-refractivity contribution is 5.90. The van der Waals surface area contributed by atoms with Crippen molar-refractivity contribution in [3.8, 4) is 0 Å². The van der Waals surface area contributed by atoms with Gasteiger partial charge in [0.25, 0.3) is 11.7 Å². The molecular formula is C14H24N4O3. The zero-order chi connectivity index (χ0) is 15.3. The number of carbonyl (C=O) groups excluding carboxylic acids is 1.